The molecule has 0 spiro atoms. The third-order valence-electron chi connectivity index (χ3n) is 3.95. The van der Waals surface area contributed by atoms with E-state index in [4.69, 9.17) is 16.3 Å². The van der Waals surface area contributed by atoms with Gasteiger partial charge >= 0.3 is 5.69 Å². The van der Waals surface area contributed by atoms with Crippen molar-refractivity contribution in [1.29, 1.82) is 0 Å². The molecule has 0 saturated carbocycles. The number of fused-ring (bicyclic) bond motifs is 1. The second kappa shape index (κ2) is 8.25. The fraction of sp³-hybridized carbons (Fsp3) is 0.0556. The van der Waals surface area contributed by atoms with E-state index in [2.05, 4.69) is 41.7 Å². The third-order valence-corrected chi connectivity index (χ3v) is 5.49. The molecular formula is C18H11ClFN7O4S. The number of halogens is 2. The lowest BCUT2D eigenvalue weighted by molar-refractivity contribution is 0.385. The lowest BCUT2D eigenvalue weighted by Crippen LogP contribution is -2.17. The van der Waals surface area contributed by atoms with Gasteiger partial charge in [0.15, 0.2) is 27.8 Å². The molecule has 0 aliphatic carbocycles. The lowest BCUT2D eigenvalue weighted by atomic mass is 10.2. The van der Waals surface area contributed by atoms with Crippen LogP contribution in [0.3, 0.4) is 0 Å². The van der Waals surface area contributed by atoms with E-state index >= 15 is 0 Å². The molecule has 3 N–H and O–H groups in total. The molecule has 4 aromatic rings. The fourth-order valence-corrected chi connectivity index (χ4v) is 3.93. The van der Waals surface area contributed by atoms with Crippen molar-refractivity contribution < 1.29 is 17.5 Å². The average Bonchev–Trinajstić information content (AvgIpc) is 3.13. The molecule has 4 aromatic heterocycles. The van der Waals surface area contributed by atoms with Crippen LogP contribution in [0.25, 0.3) is 11.3 Å². The summed E-state index contributed by atoms with van der Waals surface area (Å²) in [7, 11) is -3.11. The van der Waals surface area contributed by atoms with Gasteiger partial charge in [-0.2, -0.15) is 0 Å². The zero-order valence-corrected chi connectivity index (χ0v) is 17.5. The Hall–Kier alpha value is -4.02. The number of methoxy groups -OCH3 is 1. The second-order valence-electron chi connectivity index (χ2n) is 6.07. The van der Waals surface area contributed by atoms with E-state index in [1.54, 1.807) is 0 Å². The predicted molar refractivity (Wildman–Crippen MR) is 111 cm³/mol. The molecule has 11 nitrogen and oxygen atoms in total. The van der Waals surface area contributed by atoms with Gasteiger partial charge in [-0.3, -0.25) is 14.7 Å². The van der Waals surface area contributed by atoms with Crippen molar-refractivity contribution in [2.75, 3.05) is 11.8 Å². The van der Waals surface area contributed by atoms with E-state index in [1.807, 2.05) is 4.72 Å². The number of hydrogen-bond acceptors (Lipinski definition) is 8. The summed E-state index contributed by atoms with van der Waals surface area (Å²) in [6.07, 6.45) is 3.68. The molecule has 0 radical (unpaired) electrons. The maximum Gasteiger partial charge on any atom is 0.326 e. The molecule has 0 fully saturated rings. The van der Waals surface area contributed by atoms with Crippen molar-refractivity contribution in [1.82, 2.24) is 29.9 Å². The van der Waals surface area contributed by atoms with Gasteiger partial charge in [0.05, 0.1) is 23.9 Å². The van der Waals surface area contributed by atoms with Crippen molar-refractivity contribution in [3.05, 3.63) is 63.3 Å². The summed E-state index contributed by atoms with van der Waals surface area (Å²) in [6.45, 7) is 0. The Kier molecular flexibility index (Phi) is 5.47. The zero-order valence-electron chi connectivity index (χ0n) is 16.0. The largest absolute Gasteiger partial charge is 0.480 e. The Balaban J connectivity index is 1.67. The number of aromatic amines is 2. The number of sulfonamides is 1. The molecule has 0 unspecified atom stereocenters. The zero-order chi connectivity index (χ0) is 22.9. The predicted octanol–water partition coefficient (Wildman–Crippen LogP) is 1.44. The quantitative estimate of drug-likeness (QED) is 0.374. The number of hydrogen-bond donors (Lipinski definition) is 3. The Labute approximate surface area is 184 Å². The molecule has 0 saturated heterocycles. The van der Waals surface area contributed by atoms with Gasteiger partial charge in [-0.1, -0.05) is 17.5 Å². The molecule has 32 heavy (non-hydrogen) atoms. The SMILES string of the molecule is COc1ncc(Cl)cc1S(=O)(=O)Nc1nccc(C#Cc2cnc3[nH]c(=O)[nH]c3n2)c1F. The molecule has 0 bridgehead atoms. The van der Waals surface area contributed by atoms with Crippen molar-refractivity contribution in [2.24, 2.45) is 0 Å². The number of ether oxygens (including phenoxy) is 1. The van der Waals surface area contributed by atoms with Crippen LogP contribution in [0.1, 0.15) is 11.3 Å². The van der Waals surface area contributed by atoms with Crippen LogP contribution in [0.5, 0.6) is 5.88 Å². The Bertz CT molecular complexity index is 1570. The summed E-state index contributed by atoms with van der Waals surface area (Å²) in [6, 6.07) is 2.36. The summed E-state index contributed by atoms with van der Waals surface area (Å²) < 4.78 is 47.3. The van der Waals surface area contributed by atoms with E-state index in [0.29, 0.717) is 0 Å². The summed E-state index contributed by atoms with van der Waals surface area (Å²) >= 11 is 5.83. The summed E-state index contributed by atoms with van der Waals surface area (Å²) in [4.78, 5) is 31.3. The molecule has 14 heteroatoms. The topological polar surface area (TPSA) is 156 Å². The number of anilines is 1. The number of imidazole rings is 1. The van der Waals surface area contributed by atoms with Crippen LogP contribution in [-0.2, 0) is 10.0 Å². The molecule has 0 aliphatic rings. The lowest BCUT2D eigenvalue weighted by Gasteiger charge is -2.11. The highest BCUT2D eigenvalue weighted by Crippen LogP contribution is 2.27. The molecule has 4 heterocycles. The Morgan fingerprint density at radius 3 is 2.72 bits per heavy atom. The number of aromatic nitrogens is 6. The van der Waals surface area contributed by atoms with E-state index in [9.17, 15) is 17.6 Å². The first-order chi connectivity index (χ1) is 15.3. The highest BCUT2D eigenvalue weighted by Gasteiger charge is 2.24. The summed E-state index contributed by atoms with van der Waals surface area (Å²) in [5.74, 6) is 3.31. The minimum absolute atomic E-state index is 0.0427. The molecule has 0 aromatic carbocycles. The molecular weight excluding hydrogens is 465 g/mol. The van der Waals surface area contributed by atoms with Crippen LogP contribution < -0.4 is 15.1 Å². The highest BCUT2D eigenvalue weighted by atomic mass is 35.5. The van der Waals surface area contributed by atoms with E-state index in [1.165, 1.54) is 31.8 Å². The first kappa shape index (κ1) is 21.2. The fourth-order valence-electron chi connectivity index (χ4n) is 2.55. The van der Waals surface area contributed by atoms with Gasteiger partial charge in [-0.15, -0.1) is 0 Å². The number of rotatable bonds is 4. The van der Waals surface area contributed by atoms with Gasteiger partial charge < -0.3 is 4.74 Å². The third kappa shape index (κ3) is 4.22. The molecule has 0 amide bonds. The first-order valence-electron chi connectivity index (χ1n) is 8.61. The normalized spacial score (nSPS) is 11.1. The van der Waals surface area contributed by atoms with Crippen molar-refractivity contribution in [3.63, 3.8) is 0 Å². The molecule has 4 rings (SSSR count). The van der Waals surface area contributed by atoms with Gasteiger partial charge in [0, 0.05) is 12.4 Å². The molecule has 162 valence electrons. The van der Waals surface area contributed by atoms with Crippen molar-refractivity contribution in [3.8, 4) is 17.7 Å². The van der Waals surface area contributed by atoms with Crippen LogP contribution in [0, 0.1) is 17.7 Å². The maximum absolute atomic E-state index is 14.9. The number of nitrogens with one attached hydrogen (secondary N) is 3. The van der Waals surface area contributed by atoms with Gasteiger partial charge in [-0.05, 0) is 18.1 Å². The first-order valence-corrected chi connectivity index (χ1v) is 10.5. The number of pyridine rings is 2. The molecule has 0 atom stereocenters. The van der Waals surface area contributed by atoms with Crippen LogP contribution in [-0.4, -0.2) is 45.4 Å². The van der Waals surface area contributed by atoms with Gasteiger partial charge in [0.2, 0.25) is 5.88 Å². The van der Waals surface area contributed by atoms with Crippen LogP contribution in [0.4, 0.5) is 10.2 Å². The van der Waals surface area contributed by atoms with Gasteiger partial charge in [0.25, 0.3) is 10.0 Å². The monoisotopic (exact) mass is 475 g/mol. The van der Waals surface area contributed by atoms with Crippen LogP contribution in [0.15, 0.2) is 40.4 Å². The van der Waals surface area contributed by atoms with Crippen molar-refractivity contribution in [2.45, 2.75) is 4.90 Å². The van der Waals surface area contributed by atoms with Crippen molar-refractivity contribution >= 4 is 38.7 Å². The minimum Gasteiger partial charge on any atom is -0.480 e. The highest BCUT2D eigenvalue weighted by molar-refractivity contribution is 7.92. The Morgan fingerprint density at radius 2 is 1.94 bits per heavy atom. The van der Waals surface area contributed by atoms with E-state index < -0.39 is 32.2 Å². The van der Waals surface area contributed by atoms with Gasteiger partial charge in [-0.25, -0.2) is 37.5 Å². The van der Waals surface area contributed by atoms with Crippen LogP contribution >= 0.6 is 11.6 Å². The Morgan fingerprint density at radius 1 is 1.16 bits per heavy atom. The average molecular weight is 476 g/mol. The summed E-state index contributed by atoms with van der Waals surface area (Å²) in [5.41, 5.74) is -0.0410. The summed E-state index contributed by atoms with van der Waals surface area (Å²) in [5, 5.41) is 0.0427. The standard InChI is InChI=1S/C18H11ClFN7O4S/c1-31-17-12(6-10(19)7-23-17)32(29,30)27-14-13(20)9(4-5-21-14)2-3-11-8-22-15-16(24-11)26-18(28)25-15/h4-8H,1H3,(H,21,27)(H2,22,24,25,26,28). The van der Waals surface area contributed by atoms with Crippen LogP contribution in [0.2, 0.25) is 5.02 Å². The number of nitrogens with zero attached hydrogens (tertiary/aromatic N) is 4. The van der Waals surface area contributed by atoms with E-state index in [-0.39, 0.29) is 33.5 Å². The number of H-pyrrole nitrogens is 2. The molecule has 0 aliphatic heterocycles. The maximum atomic E-state index is 14.9. The van der Waals surface area contributed by atoms with E-state index in [0.717, 1.165) is 6.07 Å². The minimum atomic E-state index is -4.34. The smallest absolute Gasteiger partial charge is 0.326 e. The second-order valence-corrected chi connectivity index (χ2v) is 8.16. The van der Waals surface area contributed by atoms with Gasteiger partial charge in [0.1, 0.15) is 5.69 Å².